The van der Waals surface area contributed by atoms with Crippen molar-refractivity contribution in [2.75, 3.05) is 25.3 Å². The molecule has 0 spiro atoms. The van der Waals surface area contributed by atoms with Crippen LogP contribution in [-0.2, 0) is 23.8 Å². The minimum atomic E-state index is -4.67. The summed E-state index contributed by atoms with van der Waals surface area (Å²) in [6.45, 7) is 0. The number of amides is 1. The fourth-order valence-electron chi connectivity index (χ4n) is 3.76. The molecule has 10 heteroatoms. The summed E-state index contributed by atoms with van der Waals surface area (Å²) in [6, 6.07) is 11.4. The van der Waals surface area contributed by atoms with Crippen molar-refractivity contribution in [2.24, 2.45) is 0 Å². The molecule has 1 aromatic heterocycles. The van der Waals surface area contributed by atoms with E-state index in [1.165, 1.54) is 31.4 Å². The van der Waals surface area contributed by atoms with Crippen LogP contribution < -0.4 is 14.8 Å². The lowest BCUT2D eigenvalue weighted by atomic mass is 10.1. The van der Waals surface area contributed by atoms with E-state index in [2.05, 4.69) is 15.3 Å². The van der Waals surface area contributed by atoms with Crippen LogP contribution in [0.4, 0.5) is 18.9 Å². The van der Waals surface area contributed by atoms with Gasteiger partial charge in [-0.25, -0.2) is 9.97 Å². The van der Waals surface area contributed by atoms with Gasteiger partial charge in [0.15, 0.2) is 16.7 Å². The predicted octanol–water partition coefficient (Wildman–Crippen LogP) is 5.40. The molecule has 0 atom stereocenters. The van der Waals surface area contributed by atoms with Crippen molar-refractivity contribution in [3.8, 4) is 22.8 Å². The van der Waals surface area contributed by atoms with Crippen LogP contribution in [-0.4, -0.2) is 35.8 Å². The molecule has 4 rings (SSSR count). The Labute approximate surface area is 198 Å². The summed E-state index contributed by atoms with van der Waals surface area (Å²) in [6.07, 6.45) is -1.56. The fourth-order valence-corrected chi connectivity index (χ4v) is 4.41. The number of fused-ring (bicyclic) bond motifs is 1. The van der Waals surface area contributed by atoms with Gasteiger partial charge in [0.2, 0.25) is 5.91 Å². The zero-order chi connectivity index (χ0) is 24.3. The number of aryl methyl sites for hydroxylation is 2. The van der Waals surface area contributed by atoms with Gasteiger partial charge in [-0.3, -0.25) is 4.79 Å². The molecular formula is C24H22F3N3O3S. The molecule has 1 amide bonds. The number of methoxy groups -OCH3 is 2. The molecule has 0 aliphatic heterocycles. The molecule has 178 valence electrons. The first-order valence-electron chi connectivity index (χ1n) is 10.5. The van der Waals surface area contributed by atoms with E-state index in [1.807, 2.05) is 18.2 Å². The number of carbonyl (C=O) groups is 1. The van der Waals surface area contributed by atoms with Crippen LogP contribution in [0.2, 0.25) is 0 Å². The summed E-state index contributed by atoms with van der Waals surface area (Å²) < 4.78 is 50.9. The standard InChI is InChI=1S/C24H22F3N3O3S/c1-32-19-9-7-16(11-20(19)33-2)18-12-21(24(25,26)27)30-23(29-18)34-13-22(31)28-17-8-6-14-4-3-5-15(14)10-17/h6-12H,3-5,13H2,1-2H3,(H,28,31). The van der Waals surface area contributed by atoms with E-state index in [4.69, 9.17) is 9.47 Å². The minimum absolute atomic E-state index is 0.0600. The zero-order valence-electron chi connectivity index (χ0n) is 18.5. The van der Waals surface area contributed by atoms with Crippen molar-refractivity contribution in [1.29, 1.82) is 0 Å². The van der Waals surface area contributed by atoms with E-state index in [0.29, 0.717) is 22.7 Å². The maximum absolute atomic E-state index is 13.5. The second-order valence-electron chi connectivity index (χ2n) is 7.66. The third kappa shape index (κ3) is 5.44. The Morgan fingerprint density at radius 3 is 2.50 bits per heavy atom. The van der Waals surface area contributed by atoms with Crippen molar-refractivity contribution in [3.05, 3.63) is 59.3 Å². The fraction of sp³-hybridized carbons (Fsp3) is 0.292. The van der Waals surface area contributed by atoms with Gasteiger partial charge in [0.05, 0.1) is 25.7 Å². The van der Waals surface area contributed by atoms with Gasteiger partial charge in [0.25, 0.3) is 0 Å². The lowest BCUT2D eigenvalue weighted by Crippen LogP contribution is -2.15. The van der Waals surface area contributed by atoms with Gasteiger partial charge in [-0.1, -0.05) is 17.8 Å². The first kappa shape index (κ1) is 23.9. The molecule has 0 saturated carbocycles. The number of ether oxygens (including phenoxy) is 2. The van der Waals surface area contributed by atoms with E-state index in [1.54, 1.807) is 12.1 Å². The Hall–Kier alpha value is -3.27. The van der Waals surface area contributed by atoms with Gasteiger partial charge >= 0.3 is 6.18 Å². The number of anilines is 1. The number of nitrogens with zero attached hydrogens (tertiary/aromatic N) is 2. The quantitative estimate of drug-likeness (QED) is 0.354. The molecule has 0 bridgehead atoms. The molecular weight excluding hydrogens is 467 g/mol. The topological polar surface area (TPSA) is 73.3 Å². The summed E-state index contributed by atoms with van der Waals surface area (Å²) in [7, 11) is 2.90. The molecule has 34 heavy (non-hydrogen) atoms. The van der Waals surface area contributed by atoms with Crippen LogP contribution in [0, 0.1) is 0 Å². The molecule has 2 aromatic carbocycles. The number of nitrogens with one attached hydrogen (secondary N) is 1. The Kier molecular flexibility index (Phi) is 6.97. The van der Waals surface area contributed by atoms with Gasteiger partial charge in [0.1, 0.15) is 5.69 Å². The van der Waals surface area contributed by atoms with Gasteiger partial charge in [-0.15, -0.1) is 0 Å². The summed E-state index contributed by atoms with van der Waals surface area (Å²) in [5.74, 6) is 0.310. The molecule has 1 aliphatic rings. The highest BCUT2D eigenvalue weighted by Crippen LogP contribution is 2.35. The van der Waals surface area contributed by atoms with Crippen LogP contribution in [0.15, 0.2) is 47.6 Å². The number of alkyl halides is 3. The monoisotopic (exact) mass is 489 g/mol. The molecule has 0 saturated heterocycles. The van der Waals surface area contributed by atoms with E-state index in [9.17, 15) is 18.0 Å². The summed E-state index contributed by atoms with van der Waals surface area (Å²) in [5.41, 5.74) is 2.54. The Morgan fingerprint density at radius 1 is 1.00 bits per heavy atom. The van der Waals surface area contributed by atoms with Crippen molar-refractivity contribution in [2.45, 2.75) is 30.6 Å². The van der Waals surface area contributed by atoms with Crippen molar-refractivity contribution < 1.29 is 27.4 Å². The molecule has 3 aromatic rings. The maximum atomic E-state index is 13.5. The van der Waals surface area contributed by atoms with E-state index in [0.717, 1.165) is 37.1 Å². The number of benzene rings is 2. The second-order valence-corrected chi connectivity index (χ2v) is 8.60. The summed E-state index contributed by atoms with van der Waals surface area (Å²) in [4.78, 5) is 20.3. The lowest BCUT2D eigenvalue weighted by Gasteiger charge is -2.12. The molecule has 0 radical (unpaired) electrons. The Balaban J connectivity index is 1.54. The highest BCUT2D eigenvalue weighted by molar-refractivity contribution is 7.99. The molecule has 0 unspecified atom stereocenters. The average Bonchev–Trinajstić information content (AvgIpc) is 3.29. The number of aromatic nitrogens is 2. The van der Waals surface area contributed by atoms with Crippen molar-refractivity contribution in [3.63, 3.8) is 0 Å². The average molecular weight is 490 g/mol. The van der Waals surface area contributed by atoms with Crippen molar-refractivity contribution >= 4 is 23.4 Å². The van der Waals surface area contributed by atoms with Crippen LogP contribution in [0.5, 0.6) is 11.5 Å². The highest BCUT2D eigenvalue weighted by atomic mass is 32.2. The smallest absolute Gasteiger partial charge is 0.433 e. The van der Waals surface area contributed by atoms with Gasteiger partial charge in [-0.2, -0.15) is 13.2 Å². The van der Waals surface area contributed by atoms with Crippen molar-refractivity contribution in [1.82, 2.24) is 9.97 Å². The molecule has 1 N–H and O–H groups in total. The number of hydrogen-bond donors (Lipinski definition) is 1. The first-order valence-corrected chi connectivity index (χ1v) is 11.5. The predicted molar refractivity (Wildman–Crippen MR) is 123 cm³/mol. The number of hydrogen-bond acceptors (Lipinski definition) is 6. The third-order valence-corrected chi connectivity index (χ3v) is 6.24. The number of thioether (sulfide) groups is 1. The molecule has 1 aliphatic carbocycles. The minimum Gasteiger partial charge on any atom is -0.493 e. The number of carbonyl (C=O) groups excluding carboxylic acids is 1. The van der Waals surface area contributed by atoms with E-state index >= 15 is 0 Å². The van der Waals surface area contributed by atoms with Crippen LogP contribution >= 0.6 is 11.8 Å². The lowest BCUT2D eigenvalue weighted by molar-refractivity contribution is -0.141. The first-order chi connectivity index (χ1) is 16.3. The van der Waals surface area contributed by atoms with Crippen LogP contribution in [0.1, 0.15) is 23.2 Å². The normalized spacial score (nSPS) is 12.9. The summed E-state index contributed by atoms with van der Waals surface area (Å²) >= 11 is 0.840. The molecule has 6 nitrogen and oxygen atoms in total. The van der Waals surface area contributed by atoms with E-state index < -0.39 is 11.9 Å². The Bertz CT molecular complexity index is 1220. The van der Waals surface area contributed by atoms with Gasteiger partial charge < -0.3 is 14.8 Å². The van der Waals surface area contributed by atoms with Crippen LogP contribution in [0.3, 0.4) is 0 Å². The highest BCUT2D eigenvalue weighted by Gasteiger charge is 2.34. The largest absolute Gasteiger partial charge is 0.493 e. The maximum Gasteiger partial charge on any atom is 0.433 e. The third-order valence-electron chi connectivity index (χ3n) is 5.39. The van der Waals surface area contributed by atoms with E-state index in [-0.39, 0.29) is 22.5 Å². The second kappa shape index (κ2) is 9.92. The molecule has 1 heterocycles. The zero-order valence-corrected chi connectivity index (χ0v) is 19.3. The summed E-state index contributed by atoms with van der Waals surface area (Å²) in [5, 5.41) is 2.64. The number of halogens is 3. The van der Waals surface area contributed by atoms with Gasteiger partial charge in [0, 0.05) is 11.3 Å². The SMILES string of the molecule is COc1ccc(-c2cc(C(F)(F)F)nc(SCC(=O)Nc3ccc4c(c3)CCC4)n2)cc1OC. The van der Waals surface area contributed by atoms with Crippen LogP contribution in [0.25, 0.3) is 11.3 Å². The Morgan fingerprint density at radius 2 is 1.76 bits per heavy atom. The van der Waals surface area contributed by atoms with Gasteiger partial charge in [-0.05, 0) is 66.8 Å². The molecule has 0 fully saturated rings. The number of rotatable bonds is 7.